The first kappa shape index (κ1) is 25.5. The molecule has 0 bridgehead atoms. The van der Waals surface area contributed by atoms with E-state index in [1.165, 1.54) is 0 Å². The van der Waals surface area contributed by atoms with Gasteiger partial charge in [0.25, 0.3) is 0 Å². The highest BCUT2D eigenvalue weighted by atomic mass is 16.4. The van der Waals surface area contributed by atoms with E-state index >= 15 is 0 Å². The van der Waals surface area contributed by atoms with Gasteiger partial charge in [-0.1, -0.05) is 74.5 Å². The number of amides is 2. The number of aliphatic carboxylic acids is 1. The van der Waals surface area contributed by atoms with Crippen LogP contribution in [0.1, 0.15) is 64.1 Å². The Morgan fingerprint density at radius 2 is 1.32 bits per heavy atom. The predicted octanol–water partition coefficient (Wildman–Crippen LogP) is 4.51. The first-order valence-electron chi connectivity index (χ1n) is 11.9. The molecule has 1 unspecified atom stereocenters. The van der Waals surface area contributed by atoms with Crippen molar-refractivity contribution in [1.29, 1.82) is 0 Å². The Labute approximate surface area is 202 Å². The van der Waals surface area contributed by atoms with Crippen molar-refractivity contribution >= 4 is 17.8 Å². The van der Waals surface area contributed by atoms with Crippen LogP contribution in [0.3, 0.4) is 0 Å². The molecule has 6 nitrogen and oxygen atoms in total. The number of carboxylic acids is 1. The summed E-state index contributed by atoms with van der Waals surface area (Å²) in [5, 5.41) is 16.1. The van der Waals surface area contributed by atoms with Crippen molar-refractivity contribution in [2.24, 2.45) is 16.2 Å². The molecule has 3 rings (SSSR count). The van der Waals surface area contributed by atoms with Crippen molar-refractivity contribution in [3.63, 3.8) is 0 Å². The van der Waals surface area contributed by atoms with Crippen LogP contribution in [0.25, 0.3) is 0 Å². The van der Waals surface area contributed by atoms with Crippen molar-refractivity contribution in [1.82, 2.24) is 10.6 Å². The second-order valence-corrected chi connectivity index (χ2v) is 10.6. The zero-order valence-corrected chi connectivity index (χ0v) is 20.6. The van der Waals surface area contributed by atoms with Crippen molar-refractivity contribution < 1.29 is 19.5 Å². The molecule has 34 heavy (non-hydrogen) atoms. The Balaban J connectivity index is 1.77. The lowest BCUT2D eigenvalue weighted by atomic mass is 9.54. The van der Waals surface area contributed by atoms with E-state index in [0.717, 1.165) is 11.1 Å². The maximum atomic E-state index is 13.5. The van der Waals surface area contributed by atoms with Gasteiger partial charge in [0, 0.05) is 17.4 Å². The van der Waals surface area contributed by atoms with Crippen LogP contribution in [0.2, 0.25) is 0 Å². The molecule has 2 aromatic rings. The highest BCUT2D eigenvalue weighted by Crippen LogP contribution is 2.55. The monoisotopic (exact) mass is 464 g/mol. The lowest BCUT2D eigenvalue weighted by molar-refractivity contribution is -0.163. The summed E-state index contributed by atoms with van der Waals surface area (Å²) in [6.07, 6.45) is 1.33. The van der Waals surface area contributed by atoms with Gasteiger partial charge in [0.2, 0.25) is 11.8 Å². The molecule has 1 saturated carbocycles. The topological polar surface area (TPSA) is 95.5 Å². The first-order valence-corrected chi connectivity index (χ1v) is 11.9. The van der Waals surface area contributed by atoms with Gasteiger partial charge in [-0.15, -0.1) is 0 Å². The van der Waals surface area contributed by atoms with Crippen LogP contribution < -0.4 is 10.6 Å². The van der Waals surface area contributed by atoms with Crippen LogP contribution in [0.4, 0.5) is 0 Å². The van der Waals surface area contributed by atoms with Crippen LogP contribution in [0.5, 0.6) is 0 Å². The fourth-order valence-corrected chi connectivity index (χ4v) is 5.62. The number of hydrogen-bond acceptors (Lipinski definition) is 3. The second-order valence-electron chi connectivity index (χ2n) is 10.6. The molecule has 0 spiro atoms. The molecule has 1 fully saturated rings. The molecule has 0 heterocycles. The minimum Gasteiger partial charge on any atom is -0.481 e. The third kappa shape index (κ3) is 5.66. The van der Waals surface area contributed by atoms with E-state index < -0.39 is 22.2 Å². The molecule has 2 amide bonds. The fraction of sp³-hybridized carbons (Fsp3) is 0.464. The summed E-state index contributed by atoms with van der Waals surface area (Å²) in [5.41, 5.74) is -1.08. The van der Waals surface area contributed by atoms with Gasteiger partial charge in [-0.05, 0) is 50.7 Å². The van der Waals surface area contributed by atoms with E-state index in [9.17, 15) is 19.5 Å². The lowest BCUT2D eigenvalue weighted by Crippen LogP contribution is -2.56. The third-order valence-electron chi connectivity index (χ3n) is 7.14. The standard InChI is InChI=1S/C28H36N2O4/c1-20(22-13-9-6-10-14-22)30-24(32)27(3)17-26(2,18-28(4,19-27)25(33)34)23(31)29-16-15-21-11-7-5-8-12-21/h5-14,20H,15-19H2,1-4H3,(H,29,31)(H,30,32)(H,33,34)/t20?,26-,27+,28-/m1/s1. The molecule has 2 aromatic carbocycles. The number of rotatable bonds is 8. The minimum atomic E-state index is -1.19. The maximum absolute atomic E-state index is 13.5. The third-order valence-corrected chi connectivity index (χ3v) is 7.14. The van der Waals surface area contributed by atoms with Gasteiger partial charge >= 0.3 is 5.97 Å². The van der Waals surface area contributed by atoms with Crippen LogP contribution >= 0.6 is 0 Å². The quantitative estimate of drug-likeness (QED) is 0.536. The molecule has 6 heteroatoms. The Bertz CT molecular complexity index is 1030. The zero-order chi connectivity index (χ0) is 25.0. The number of carbonyl (C=O) groups excluding carboxylic acids is 2. The molecule has 3 N–H and O–H groups in total. The van der Waals surface area contributed by atoms with E-state index in [0.29, 0.717) is 13.0 Å². The summed E-state index contributed by atoms with van der Waals surface area (Å²) < 4.78 is 0. The normalized spacial score (nSPS) is 27.4. The van der Waals surface area contributed by atoms with Crippen molar-refractivity contribution in [3.05, 3.63) is 71.8 Å². The van der Waals surface area contributed by atoms with Crippen LogP contribution in [0, 0.1) is 16.2 Å². The van der Waals surface area contributed by atoms with Crippen LogP contribution in [-0.2, 0) is 20.8 Å². The SMILES string of the molecule is CC(NC(=O)[C@]1(C)C[C@](C)(C(=O)O)C[C@](C)(C(=O)NCCc2ccccc2)C1)c1ccccc1. The lowest BCUT2D eigenvalue weighted by Gasteiger charge is -2.49. The molecule has 0 radical (unpaired) electrons. The molecule has 4 atom stereocenters. The highest BCUT2D eigenvalue weighted by molar-refractivity contribution is 5.89. The van der Waals surface area contributed by atoms with E-state index in [1.807, 2.05) is 67.6 Å². The second kappa shape index (κ2) is 10.00. The van der Waals surface area contributed by atoms with Crippen molar-refractivity contribution in [2.45, 2.75) is 59.4 Å². The maximum Gasteiger partial charge on any atom is 0.309 e. The number of nitrogens with one attached hydrogen (secondary N) is 2. The Morgan fingerprint density at radius 3 is 1.88 bits per heavy atom. The van der Waals surface area contributed by atoms with Crippen molar-refractivity contribution in [2.75, 3.05) is 6.54 Å². The minimum absolute atomic E-state index is 0.176. The van der Waals surface area contributed by atoms with E-state index in [-0.39, 0.29) is 37.1 Å². The number of hydrogen-bond donors (Lipinski definition) is 3. The average Bonchev–Trinajstić information content (AvgIpc) is 2.79. The molecule has 0 aliphatic heterocycles. The van der Waals surface area contributed by atoms with Crippen molar-refractivity contribution in [3.8, 4) is 0 Å². The van der Waals surface area contributed by atoms with Gasteiger partial charge in [0.15, 0.2) is 0 Å². The summed E-state index contributed by atoms with van der Waals surface area (Å²) in [5.74, 6) is -1.41. The van der Waals surface area contributed by atoms with Gasteiger partial charge in [0.1, 0.15) is 0 Å². The molecular formula is C28H36N2O4. The Hall–Kier alpha value is -3.15. The molecule has 1 aliphatic rings. The summed E-state index contributed by atoms with van der Waals surface area (Å²) in [4.78, 5) is 39.1. The van der Waals surface area contributed by atoms with Crippen LogP contribution in [0.15, 0.2) is 60.7 Å². The number of carbonyl (C=O) groups is 3. The predicted molar refractivity (Wildman–Crippen MR) is 132 cm³/mol. The first-order chi connectivity index (χ1) is 16.0. The average molecular weight is 465 g/mol. The van der Waals surface area contributed by atoms with Gasteiger partial charge < -0.3 is 15.7 Å². The zero-order valence-electron chi connectivity index (χ0n) is 20.6. The molecule has 0 saturated heterocycles. The number of carboxylic acid groups (broad SMARTS) is 1. The van der Waals surface area contributed by atoms with E-state index in [2.05, 4.69) is 10.6 Å². The molecule has 1 aliphatic carbocycles. The summed E-state index contributed by atoms with van der Waals surface area (Å²) in [6.45, 7) is 7.59. The Morgan fingerprint density at radius 1 is 0.824 bits per heavy atom. The summed E-state index contributed by atoms with van der Waals surface area (Å²) in [7, 11) is 0. The fourth-order valence-electron chi connectivity index (χ4n) is 5.62. The van der Waals surface area contributed by atoms with Gasteiger partial charge in [0.05, 0.1) is 11.5 Å². The molecule has 0 aromatic heterocycles. The molecular weight excluding hydrogens is 428 g/mol. The Kier molecular flexibility index (Phi) is 7.49. The number of benzene rings is 2. The van der Waals surface area contributed by atoms with Gasteiger partial charge in [-0.3, -0.25) is 14.4 Å². The van der Waals surface area contributed by atoms with Crippen LogP contribution in [-0.4, -0.2) is 29.4 Å². The van der Waals surface area contributed by atoms with E-state index in [1.54, 1.807) is 20.8 Å². The smallest absolute Gasteiger partial charge is 0.309 e. The van der Waals surface area contributed by atoms with E-state index in [4.69, 9.17) is 0 Å². The van der Waals surface area contributed by atoms with Gasteiger partial charge in [-0.2, -0.15) is 0 Å². The summed E-state index contributed by atoms with van der Waals surface area (Å²) >= 11 is 0. The largest absolute Gasteiger partial charge is 0.481 e. The molecule has 182 valence electrons. The van der Waals surface area contributed by atoms with Gasteiger partial charge in [-0.25, -0.2) is 0 Å². The summed E-state index contributed by atoms with van der Waals surface area (Å²) in [6, 6.07) is 19.3. The highest BCUT2D eigenvalue weighted by Gasteiger charge is 2.57.